The minimum atomic E-state index is -4.89. The third-order valence-electron chi connectivity index (χ3n) is 5.70. The van der Waals surface area contributed by atoms with Crippen molar-refractivity contribution in [1.29, 1.82) is 0 Å². The Morgan fingerprint density at radius 3 is 2.30 bits per heavy atom. The summed E-state index contributed by atoms with van der Waals surface area (Å²) in [6.07, 6.45) is -9.59. The first kappa shape index (κ1) is 26.7. The van der Waals surface area contributed by atoms with E-state index in [0.29, 0.717) is 23.0 Å². The Kier molecular flexibility index (Phi) is 7.10. The zero-order valence-electron chi connectivity index (χ0n) is 19.9. The molecule has 0 spiro atoms. The minimum Gasteiger partial charge on any atom is -0.406 e. The third kappa shape index (κ3) is 6.14. The Hall–Kier alpha value is -3.36. The first-order valence-corrected chi connectivity index (χ1v) is 11.9. The molecule has 0 aliphatic carbocycles. The van der Waals surface area contributed by atoms with Gasteiger partial charge < -0.3 is 14.5 Å². The number of halogens is 6. The molecule has 1 aromatic carbocycles. The zero-order valence-corrected chi connectivity index (χ0v) is 20.7. The van der Waals surface area contributed by atoms with Gasteiger partial charge in [-0.1, -0.05) is 11.3 Å². The lowest BCUT2D eigenvalue weighted by Crippen LogP contribution is -2.54. The van der Waals surface area contributed by atoms with Crippen LogP contribution in [0.3, 0.4) is 0 Å². The monoisotopic (exact) mass is 548 g/mol. The van der Waals surface area contributed by atoms with Crippen LogP contribution in [0.4, 0.5) is 31.3 Å². The number of nitrogens with zero attached hydrogens (tertiary/aromatic N) is 6. The Morgan fingerprint density at radius 1 is 1.08 bits per heavy atom. The molecule has 37 heavy (non-hydrogen) atoms. The lowest BCUT2D eigenvalue weighted by atomic mass is 10.1. The largest absolute Gasteiger partial charge is 0.573 e. The molecule has 200 valence electrons. The average Bonchev–Trinajstić information content (AvgIpc) is 3.36. The fraction of sp³-hybridized carbons (Fsp3) is 0.455. The van der Waals surface area contributed by atoms with Crippen molar-refractivity contribution in [3.8, 4) is 17.0 Å². The van der Waals surface area contributed by atoms with Crippen molar-refractivity contribution >= 4 is 22.2 Å². The summed E-state index contributed by atoms with van der Waals surface area (Å²) in [7, 11) is 0. The van der Waals surface area contributed by atoms with E-state index in [4.69, 9.17) is 0 Å². The second-order valence-electron chi connectivity index (χ2n) is 8.49. The number of carbonyl (C=O) groups excluding carboxylic acids is 1. The van der Waals surface area contributed by atoms with E-state index in [-0.39, 0.29) is 54.4 Å². The quantitative estimate of drug-likeness (QED) is 0.432. The first-order chi connectivity index (χ1) is 17.2. The van der Waals surface area contributed by atoms with E-state index in [9.17, 15) is 31.1 Å². The number of carbonyl (C=O) groups is 1. The molecule has 1 atom stereocenters. The molecular formula is C22H22F6N6O2S. The van der Waals surface area contributed by atoms with E-state index >= 15 is 0 Å². The van der Waals surface area contributed by atoms with E-state index in [1.165, 1.54) is 16.8 Å². The van der Waals surface area contributed by atoms with Crippen molar-refractivity contribution < 1.29 is 35.9 Å². The number of alkyl halides is 6. The Labute approximate surface area is 211 Å². The maximum atomic E-state index is 13.5. The van der Waals surface area contributed by atoms with E-state index in [1.54, 1.807) is 30.6 Å². The number of anilines is 1. The molecule has 4 rings (SSSR count). The van der Waals surface area contributed by atoms with Crippen LogP contribution in [0.25, 0.3) is 11.3 Å². The fourth-order valence-electron chi connectivity index (χ4n) is 4.09. The van der Waals surface area contributed by atoms with Crippen LogP contribution in [-0.4, -0.2) is 62.6 Å². The summed E-state index contributed by atoms with van der Waals surface area (Å²) in [6.45, 7) is 5.97. The second-order valence-corrected chi connectivity index (χ2v) is 9.47. The Bertz CT molecular complexity index is 1270. The lowest BCUT2D eigenvalue weighted by molar-refractivity contribution is -0.274. The molecule has 1 amide bonds. The number of rotatable bonds is 5. The number of hydrogen-bond acceptors (Lipinski definition) is 7. The fourth-order valence-corrected chi connectivity index (χ4v) is 5.08. The van der Waals surface area contributed by atoms with Crippen LogP contribution < -0.4 is 9.64 Å². The van der Waals surface area contributed by atoms with Gasteiger partial charge in [-0.25, -0.2) is 14.6 Å². The second kappa shape index (κ2) is 9.84. The lowest BCUT2D eigenvalue weighted by Gasteiger charge is -2.40. The molecule has 8 nitrogen and oxygen atoms in total. The van der Waals surface area contributed by atoms with Gasteiger partial charge in [0.2, 0.25) is 10.9 Å². The summed E-state index contributed by atoms with van der Waals surface area (Å²) in [6, 6.07) is 4.16. The van der Waals surface area contributed by atoms with Crippen LogP contribution in [0.2, 0.25) is 0 Å². The topological polar surface area (TPSA) is 76.4 Å². The van der Waals surface area contributed by atoms with Gasteiger partial charge in [-0.15, -0.1) is 13.2 Å². The molecule has 3 heterocycles. The molecule has 0 bridgehead atoms. The maximum absolute atomic E-state index is 13.5. The number of aromatic nitrogens is 4. The predicted molar refractivity (Wildman–Crippen MR) is 122 cm³/mol. The van der Waals surface area contributed by atoms with Crippen molar-refractivity contribution in [2.24, 2.45) is 0 Å². The van der Waals surface area contributed by atoms with Crippen LogP contribution in [0.15, 0.2) is 24.3 Å². The molecule has 1 fully saturated rings. The molecule has 1 aliphatic heterocycles. The van der Waals surface area contributed by atoms with E-state index in [1.807, 2.05) is 0 Å². The van der Waals surface area contributed by atoms with Crippen molar-refractivity contribution in [2.45, 2.75) is 45.9 Å². The highest BCUT2D eigenvalue weighted by Gasteiger charge is 2.38. The van der Waals surface area contributed by atoms with Crippen molar-refractivity contribution in [3.05, 3.63) is 40.9 Å². The molecule has 0 N–H and O–H groups in total. The highest BCUT2D eigenvalue weighted by atomic mass is 32.1. The summed E-state index contributed by atoms with van der Waals surface area (Å²) < 4.78 is 83.3. The number of piperazine rings is 1. The van der Waals surface area contributed by atoms with Crippen molar-refractivity contribution in [3.63, 3.8) is 0 Å². The van der Waals surface area contributed by atoms with Gasteiger partial charge in [-0.2, -0.15) is 18.3 Å². The van der Waals surface area contributed by atoms with Gasteiger partial charge in [0.1, 0.15) is 34.6 Å². The molecule has 3 aromatic rings. The predicted octanol–water partition coefficient (Wildman–Crippen LogP) is 4.67. The van der Waals surface area contributed by atoms with Gasteiger partial charge in [0.15, 0.2) is 0 Å². The molecule has 1 saturated heterocycles. The number of benzene rings is 1. The minimum absolute atomic E-state index is 0.00317. The molecule has 15 heteroatoms. The summed E-state index contributed by atoms with van der Waals surface area (Å²) in [5.74, 6) is 0.445. The summed E-state index contributed by atoms with van der Waals surface area (Å²) in [5.41, 5.74) is 0.205. The number of hydrogen-bond donors (Lipinski definition) is 0. The number of ether oxygens (including phenoxy) is 1. The normalized spacial score (nSPS) is 16.8. The van der Waals surface area contributed by atoms with Gasteiger partial charge in [0, 0.05) is 31.2 Å². The van der Waals surface area contributed by atoms with E-state index in [2.05, 4.69) is 19.8 Å². The van der Waals surface area contributed by atoms with Crippen LogP contribution in [0, 0.1) is 13.8 Å². The average molecular weight is 549 g/mol. The van der Waals surface area contributed by atoms with Gasteiger partial charge in [-0.05, 0) is 45.0 Å². The standard InChI is InChI=1S/C22H22F6N6O2S/c1-12-10-32(8-9-33(12)17(35)11-34-14(3)29-13(2)31-34)19-18(30-20(37-19)21(23,24)25)15-4-6-16(7-5-15)36-22(26,27)28/h4-7,12H,8-11H2,1-3H3/t12-/m1/s1. The summed E-state index contributed by atoms with van der Waals surface area (Å²) in [5, 5.41) is 3.34. The van der Waals surface area contributed by atoms with Crippen molar-refractivity contribution in [1.82, 2.24) is 24.6 Å². The highest BCUT2D eigenvalue weighted by Crippen LogP contribution is 2.43. The Balaban J connectivity index is 1.55. The first-order valence-electron chi connectivity index (χ1n) is 11.1. The van der Waals surface area contributed by atoms with Gasteiger partial charge in [-0.3, -0.25) is 4.79 Å². The molecular weight excluding hydrogens is 526 g/mol. The number of aryl methyl sites for hydroxylation is 2. The molecule has 1 aliphatic rings. The van der Waals surface area contributed by atoms with Gasteiger partial charge in [0.05, 0.1) is 0 Å². The molecule has 0 saturated carbocycles. The zero-order chi connectivity index (χ0) is 27.1. The number of amides is 1. The maximum Gasteiger partial charge on any atom is 0.573 e. The van der Waals surface area contributed by atoms with Crippen molar-refractivity contribution in [2.75, 3.05) is 24.5 Å². The summed E-state index contributed by atoms with van der Waals surface area (Å²) >= 11 is 0.454. The van der Waals surface area contributed by atoms with Crippen LogP contribution in [0.1, 0.15) is 23.6 Å². The van der Waals surface area contributed by atoms with Crippen LogP contribution >= 0.6 is 11.3 Å². The molecule has 0 radical (unpaired) electrons. The smallest absolute Gasteiger partial charge is 0.406 e. The number of thiazole rings is 1. The van der Waals surface area contributed by atoms with Crippen LogP contribution in [0.5, 0.6) is 5.75 Å². The summed E-state index contributed by atoms with van der Waals surface area (Å²) in [4.78, 5) is 24.2. The van der Waals surface area contributed by atoms with Gasteiger partial charge in [0.25, 0.3) is 0 Å². The van der Waals surface area contributed by atoms with Gasteiger partial charge >= 0.3 is 12.5 Å². The Morgan fingerprint density at radius 2 is 1.76 bits per heavy atom. The van der Waals surface area contributed by atoms with Crippen LogP contribution in [-0.2, 0) is 17.5 Å². The molecule has 2 aromatic heterocycles. The third-order valence-corrected chi connectivity index (χ3v) is 6.86. The SMILES string of the molecule is Cc1nc(C)n(CC(=O)N2CCN(c3sc(C(F)(F)F)nc3-c3ccc(OC(F)(F)F)cc3)C[C@H]2C)n1. The highest BCUT2D eigenvalue weighted by molar-refractivity contribution is 7.16. The molecule has 0 unspecified atom stereocenters. The van der Waals surface area contributed by atoms with E-state index in [0.717, 1.165) is 12.1 Å². The van der Waals surface area contributed by atoms with E-state index < -0.39 is 23.3 Å².